The van der Waals surface area contributed by atoms with E-state index >= 15 is 0 Å². The summed E-state index contributed by atoms with van der Waals surface area (Å²) in [6.45, 7) is 8.92. The Morgan fingerprint density at radius 1 is 1.55 bits per heavy atom. The van der Waals surface area contributed by atoms with Crippen molar-refractivity contribution in [3.8, 4) is 0 Å². The van der Waals surface area contributed by atoms with E-state index in [-0.39, 0.29) is 24.2 Å². The Bertz CT molecular complexity index is 134. The van der Waals surface area contributed by atoms with Crippen LogP contribution in [0.1, 0.15) is 13.3 Å². The molecule has 0 spiro atoms. The van der Waals surface area contributed by atoms with E-state index in [0.717, 1.165) is 0 Å². The molecule has 0 rings (SSSR count). The van der Waals surface area contributed by atoms with Crippen molar-refractivity contribution >= 4 is 5.97 Å². The standard InChI is InChI=1S/C7H11O2.O.Zn/c1-4-5-9-7(8)6(2)3;;/h1-2,4-5H2,3H3;;. The second-order valence-electron chi connectivity index (χ2n) is 1.77. The molecule has 0 aliphatic heterocycles. The number of hydrogen-bond acceptors (Lipinski definition) is 3. The van der Waals surface area contributed by atoms with E-state index in [1.807, 2.05) is 0 Å². The fourth-order valence-corrected chi connectivity index (χ4v) is 0.288. The van der Waals surface area contributed by atoms with Gasteiger partial charge in [0, 0.05) is 5.57 Å². The third-order valence-electron chi connectivity index (χ3n) is 0.726. The van der Waals surface area contributed by atoms with Crippen LogP contribution in [0.4, 0.5) is 0 Å². The molecule has 4 heteroatoms. The van der Waals surface area contributed by atoms with Crippen molar-refractivity contribution in [1.82, 2.24) is 0 Å². The molecule has 0 bridgehead atoms. The molecule has 0 unspecified atom stereocenters. The topological polar surface area (TPSA) is 43.4 Å². The van der Waals surface area contributed by atoms with Crippen molar-refractivity contribution < 1.29 is 31.4 Å². The molecular formula is C7H11O3Zn. The van der Waals surface area contributed by atoms with Crippen molar-refractivity contribution in [3.05, 3.63) is 19.1 Å². The molecule has 0 atom stereocenters. The van der Waals surface area contributed by atoms with Gasteiger partial charge in [0.15, 0.2) is 0 Å². The van der Waals surface area contributed by atoms with Crippen molar-refractivity contribution in [2.24, 2.45) is 0 Å². The fourth-order valence-electron chi connectivity index (χ4n) is 0.288. The zero-order valence-corrected chi connectivity index (χ0v) is 9.73. The third-order valence-corrected chi connectivity index (χ3v) is 0.726. The average molecular weight is 209 g/mol. The molecule has 0 amide bonds. The maximum absolute atomic E-state index is 10.6. The molecule has 0 heterocycles. The SMILES string of the molecule is [CH2]CCOC(=O)C(=C)C.[O]=[Zn]. The Kier molecular flexibility index (Phi) is 11.6. The van der Waals surface area contributed by atoms with E-state index in [2.05, 4.69) is 18.2 Å². The Morgan fingerprint density at radius 2 is 2.00 bits per heavy atom. The van der Waals surface area contributed by atoms with Crippen LogP contribution >= 0.6 is 0 Å². The monoisotopic (exact) mass is 207 g/mol. The van der Waals surface area contributed by atoms with Crippen molar-refractivity contribution in [3.63, 3.8) is 0 Å². The molecule has 0 fully saturated rings. The Hall–Kier alpha value is -0.367. The van der Waals surface area contributed by atoms with Gasteiger partial charge in [-0.1, -0.05) is 6.58 Å². The molecule has 59 valence electrons. The van der Waals surface area contributed by atoms with Gasteiger partial charge in [0.2, 0.25) is 0 Å². The van der Waals surface area contributed by atoms with Crippen LogP contribution in [0.2, 0.25) is 0 Å². The van der Waals surface area contributed by atoms with Gasteiger partial charge in [0.05, 0.1) is 6.61 Å². The van der Waals surface area contributed by atoms with E-state index in [1.54, 1.807) is 6.92 Å². The molecule has 3 nitrogen and oxygen atoms in total. The first-order valence-corrected chi connectivity index (χ1v) is 4.30. The van der Waals surface area contributed by atoms with E-state index in [4.69, 9.17) is 3.57 Å². The minimum absolute atomic E-state index is 0.125. The van der Waals surface area contributed by atoms with Gasteiger partial charge in [0.1, 0.15) is 0 Å². The van der Waals surface area contributed by atoms with Crippen molar-refractivity contribution in [2.75, 3.05) is 6.61 Å². The summed E-state index contributed by atoms with van der Waals surface area (Å²) >= 11 is 0.125. The number of hydrogen-bond donors (Lipinski definition) is 0. The van der Waals surface area contributed by atoms with Gasteiger partial charge < -0.3 is 4.74 Å². The van der Waals surface area contributed by atoms with Crippen LogP contribution in [0.15, 0.2) is 12.2 Å². The van der Waals surface area contributed by atoms with E-state index in [0.29, 0.717) is 18.6 Å². The van der Waals surface area contributed by atoms with E-state index < -0.39 is 0 Å². The first-order valence-electron chi connectivity index (χ1n) is 3.09. The molecule has 0 aromatic carbocycles. The average Bonchev–Trinajstić information content (AvgIpc) is 2.03. The molecule has 11 heavy (non-hydrogen) atoms. The van der Waals surface area contributed by atoms with Crippen LogP contribution in [0.3, 0.4) is 0 Å². The Balaban J connectivity index is 0. The number of carbonyl (C=O) groups is 1. The van der Waals surface area contributed by atoms with Crippen molar-refractivity contribution in [1.29, 1.82) is 0 Å². The minimum atomic E-state index is -0.335. The van der Waals surface area contributed by atoms with Crippen LogP contribution in [0.5, 0.6) is 0 Å². The van der Waals surface area contributed by atoms with Crippen LogP contribution in [-0.2, 0) is 31.4 Å². The zero-order chi connectivity index (χ0) is 9.28. The predicted octanol–water partition coefficient (Wildman–Crippen LogP) is 1.21. The number of carbonyl (C=O) groups excluding carboxylic acids is 1. The fraction of sp³-hybridized carbons (Fsp3) is 0.429. The summed E-state index contributed by atoms with van der Waals surface area (Å²) in [6.07, 6.45) is 0.610. The molecule has 0 aromatic rings. The summed E-state index contributed by atoms with van der Waals surface area (Å²) < 4.78 is 13.0. The van der Waals surface area contributed by atoms with Crippen LogP contribution in [0, 0.1) is 6.92 Å². The normalized spacial score (nSPS) is 7.64. The number of ether oxygens (including phenoxy) is 1. The second kappa shape index (κ2) is 9.63. The number of esters is 1. The second-order valence-corrected chi connectivity index (χ2v) is 1.77. The van der Waals surface area contributed by atoms with Gasteiger partial charge in [-0.3, -0.25) is 0 Å². The molecule has 0 aliphatic rings. The molecule has 1 radical (unpaired) electrons. The van der Waals surface area contributed by atoms with E-state index in [9.17, 15) is 4.79 Å². The molecule has 0 saturated carbocycles. The summed E-state index contributed by atoms with van der Waals surface area (Å²) in [7, 11) is 0. The van der Waals surface area contributed by atoms with Gasteiger partial charge in [0.25, 0.3) is 0 Å². The molecule has 0 aromatic heterocycles. The van der Waals surface area contributed by atoms with Gasteiger partial charge in [-0.05, 0) is 20.3 Å². The van der Waals surface area contributed by atoms with E-state index in [1.165, 1.54) is 0 Å². The summed E-state index contributed by atoms with van der Waals surface area (Å²) in [5.74, 6) is -0.335. The summed E-state index contributed by atoms with van der Waals surface area (Å²) in [5.41, 5.74) is 0.434. The molecule has 0 N–H and O–H groups in total. The van der Waals surface area contributed by atoms with Crippen LogP contribution < -0.4 is 0 Å². The van der Waals surface area contributed by atoms with Gasteiger partial charge in [-0.15, -0.1) is 0 Å². The molecule has 0 saturated heterocycles. The Morgan fingerprint density at radius 3 is 2.27 bits per heavy atom. The molecular weight excluding hydrogens is 197 g/mol. The third kappa shape index (κ3) is 9.63. The maximum atomic E-state index is 10.6. The quantitative estimate of drug-likeness (QED) is 0.398. The predicted molar refractivity (Wildman–Crippen MR) is 36.4 cm³/mol. The zero-order valence-electron chi connectivity index (χ0n) is 6.76. The van der Waals surface area contributed by atoms with Gasteiger partial charge in [-0.25, -0.2) is 4.79 Å². The number of rotatable bonds is 3. The summed E-state index contributed by atoms with van der Waals surface area (Å²) in [6, 6.07) is 0. The van der Waals surface area contributed by atoms with Crippen LogP contribution in [-0.4, -0.2) is 12.6 Å². The summed E-state index contributed by atoms with van der Waals surface area (Å²) in [5, 5.41) is 0. The first-order chi connectivity index (χ1) is 5.18. The van der Waals surface area contributed by atoms with Gasteiger partial charge >= 0.3 is 27.8 Å². The Labute approximate surface area is 76.8 Å². The van der Waals surface area contributed by atoms with Crippen LogP contribution in [0.25, 0.3) is 0 Å². The first kappa shape index (κ1) is 13.2. The molecule has 0 aliphatic carbocycles. The summed E-state index contributed by atoms with van der Waals surface area (Å²) in [4.78, 5) is 10.6. The van der Waals surface area contributed by atoms with Gasteiger partial charge in [-0.2, -0.15) is 0 Å². The van der Waals surface area contributed by atoms with Crippen molar-refractivity contribution in [2.45, 2.75) is 13.3 Å².